The van der Waals surface area contributed by atoms with Crippen LogP contribution in [0.15, 0.2) is 47.4 Å². The van der Waals surface area contributed by atoms with Crippen molar-refractivity contribution in [1.29, 1.82) is 5.26 Å². The Labute approximate surface area is 127 Å². The highest BCUT2D eigenvalue weighted by Gasteiger charge is 2.28. The fourth-order valence-electron chi connectivity index (χ4n) is 2.97. The molecule has 0 N–H and O–H groups in total. The van der Waals surface area contributed by atoms with Gasteiger partial charge >= 0.3 is 0 Å². The molecule has 0 fully saturated rings. The number of nitrogens with zero attached hydrogens (tertiary/aromatic N) is 3. The van der Waals surface area contributed by atoms with Gasteiger partial charge in [-0.3, -0.25) is 0 Å². The molecule has 0 saturated carbocycles. The maximum Gasteiger partial charge on any atom is 0.118 e. The van der Waals surface area contributed by atoms with Gasteiger partial charge in [-0.2, -0.15) is 5.26 Å². The van der Waals surface area contributed by atoms with E-state index in [1.165, 1.54) is 10.5 Å². The van der Waals surface area contributed by atoms with Crippen LogP contribution in [0.1, 0.15) is 22.9 Å². The predicted molar refractivity (Wildman–Crippen MR) is 84.4 cm³/mol. The van der Waals surface area contributed by atoms with Crippen molar-refractivity contribution < 1.29 is 0 Å². The molecule has 0 spiro atoms. The molecule has 1 atom stereocenters. The summed E-state index contributed by atoms with van der Waals surface area (Å²) in [5.41, 5.74) is 4.03. The van der Waals surface area contributed by atoms with Crippen LogP contribution in [-0.2, 0) is 7.05 Å². The largest absolute Gasteiger partial charge is 0.331 e. The molecule has 0 amide bonds. The average molecular weight is 291 g/mol. The van der Waals surface area contributed by atoms with E-state index >= 15 is 0 Å². The van der Waals surface area contributed by atoms with Crippen molar-refractivity contribution in [1.82, 2.24) is 9.55 Å². The van der Waals surface area contributed by atoms with Gasteiger partial charge in [0, 0.05) is 17.7 Å². The molecule has 0 aliphatic carbocycles. The van der Waals surface area contributed by atoms with Crippen molar-refractivity contribution in [2.24, 2.45) is 7.05 Å². The van der Waals surface area contributed by atoms with Crippen LogP contribution in [0, 0.1) is 11.3 Å². The molecule has 0 saturated heterocycles. The summed E-state index contributed by atoms with van der Waals surface area (Å²) in [7, 11) is 2.04. The van der Waals surface area contributed by atoms with E-state index < -0.39 is 0 Å². The molecule has 3 aromatic rings. The van der Waals surface area contributed by atoms with Crippen molar-refractivity contribution in [3.63, 3.8) is 0 Å². The molecular weight excluding hydrogens is 278 g/mol. The van der Waals surface area contributed by atoms with Crippen molar-refractivity contribution in [2.45, 2.75) is 10.8 Å². The summed E-state index contributed by atoms with van der Waals surface area (Å²) in [6.07, 6.45) is 0. The van der Waals surface area contributed by atoms with Crippen LogP contribution in [0.3, 0.4) is 0 Å². The fourth-order valence-corrected chi connectivity index (χ4v) is 4.19. The Morgan fingerprint density at radius 1 is 1.29 bits per heavy atom. The number of aromatic nitrogens is 2. The van der Waals surface area contributed by atoms with E-state index in [0.717, 1.165) is 22.6 Å². The lowest BCUT2D eigenvalue weighted by Gasteiger charge is -2.10. The van der Waals surface area contributed by atoms with Gasteiger partial charge in [0.05, 0.1) is 28.6 Å². The molecule has 102 valence electrons. The smallest absolute Gasteiger partial charge is 0.118 e. The number of hydrogen-bond acceptors (Lipinski definition) is 3. The van der Waals surface area contributed by atoms with E-state index in [4.69, 9.17) is 10.2 Å². The van der Waals surface area contributed by atoms with Crippen LogP contribution >= 0.6 is 11.8 Å². The van der Waals surface area contributed by atoms with Gasteiger partial charge in [0.15, 0.2) is 0 Å². The Hall–Kier alpha value is -2.25. The molecule has 4 heteroatoms. The number of hydrogen-bond donors (Lipinski definition) is 0. The van der Waals surface area contributed by atoms with Crippen LogP contribution in [0.4, 0.5) is 0 Å². The molecule has 4 rings (SSSR count). The molecule has 21 heavy (non-hydrogen) atoms. The zero-order valence-corrected chi connectivity index (χ0v) is 12.4. The number of rotatable bonds is 1. The summed E-state index contributed by atoms with van der Waals surface area (Å²) in [5, 5.41) is 9.05. The van der Waals surface area contributed by atoms with Crippen molar-refractivity contribution >= 4 is 22.8 Å². The van der Waals surface area contributed by atoms with E-state index in [-0.39, 0.29) is 0 Å². The number of fused-ring (bicyclic) bond motifs is 2. The van der Waals surface area contributed by atoms with Crippen LogP contribution in [0.5, 0.6) is 0 Å². The van der Waals surface area contributed by atoms with Crippen LogP contribution in [0.25, 0.3) is 11.0 Å². The third kappa shape index (κ3) is 1.85. The number of aryl methyl sites for hydroxylation is 1. The summed E-state index contributed by atoms with van der Waals surface area (Å²) in [5.74, 6) is 2.44. The lowest BCUT2D eigenvalue weighted by atomic mass is 10.0. The molecule has 2 aromatic carbocycles. The second-order valence-corrected chi connectivity index (χ2v) is 6.31. The molecular formula is C17H13N3S. The highest BCUT2D eigenvalue weighted by Crippen LogP contribution is 2.42. The molecule has 1 aromatic heterocycles. The van der Waals surface area contributed by atoms with Gasteiger partial charge < -0.3 is 4.57 Å². The highest BCUT2D eigenvalue weighted by atomic mass is 32.2. The second-order valence-electron chi connectivity index (χ2n) is 5.25. The average Bonchev–Trinajstić information content (AvgIpc) is 3.08. The fraction of sp³-hybridized carbons (Fsp3) is 0.176. The molecule has 2 heterocycles. The minimum Gasteiger partial charge on any atom is -0.331 e. The Kier molecular flexibility index (Phi) is 2.76. The van der Waals surface area contributed by atoms with Crippen molar-refractivity contribution in [2.75, 3.05) is 5.75 Å². The first kappa shape index (κ1) is 12.5. The maximum atomic E-state index is 9.05. The van der Waals surface area contributed by atoms with Gasteiger partial charge in [-0.1, -0.05) is 18.2 Å². The lowest BCUT2D eigenvalue weighted by Crippen LogP contribution is -2.07. The number of benzene rings is 2. The van der Waals surface area contributed by atoms with Crippen molar-refractivity contribution in [3.8, 4) is 6.07 Å². The normalized spacial score (nSPS) is 16.9. The summed E-state index contributed by atoms with van der Waals surface area (Å²) in [6.45, 7) is 0. The molecule has 1 unspecified atom stereocenters. The Balaban J connectivity index is 1.89. The first-order chi connectivity index (χ1) is 10.3. The minimum absolute atomic E-state index is 0.328. The number of nitriles is 1. The van der Waals surface area contributed by atoms with Gasteiger partial charge in [0.1, 0.15) is 5.82 Å². The van der Waals surface area contributed by atoms with Crippen LogP contribution in [0.2, 0.25) is 0 Å². The first-order valence-corrected chi connectivity index (χ1v) is 7.84. The van der Waals surface area contributed by atoms with Gasteiger partial charge in [-0.25, -0.2) is 4.98 Å². The SMILES string of the molecule is Cn1c(C2CSc3ccccc32)nc2ccc(C#N)cc21. The molecule has 3 nitrogen and oxygen atoms in total. The Morgan fingerprint density at radius 2 is 2.14 bits per heavy atom. The standard InChI is InChI=1S/C17H13N3S/c1-20-15-8-11(9-18)6-7-14(15)19-17(20)13-10-21-16-5-3-2-4-12(13)16/h2-8,13H,10H2,1H3. The minimum atomic E-state index is 0.328. The quantitative estimate of drug-likeness (QED) is 0.686. The molecule has 0 radical (unpaired) electrons. The maximum absolute atomic E-state index is 9.05. The summed E-state index contributed by atoms with van der Waals surface area (Å²) in [4.78, 5) is 6.16. The molecule has 1 aliphatic rings. The van der Waals surface area contributed by atoms with Gasteiger partial charge in [-0.15, -0.1) is 11.8 Å². The van der Waals surface area contributed by atoms with Gasteiger partial charge in [0.25, 0.3) is 0 Å². The lowest BCUT2D eigenvalue weighted by molar-refractivity contribution is 0.761. The number of thioether (sulfide) groups is 1. The van der Waals surface area contributed by atoms with Gasteiger partial charge in [0.2, 0.25) is 0 Å². The summed E-state index contributed by atoms with van der Waals surface area (Å²) >= 11 is 1.89. The monoisotopic (exact) mass is 291 g/mol. The van der Waals surface area contributed by atoms with E-state index in [2.05, 4.69) is 34.9 Å². The zero-order valence-electron chi connectivity index (χ0n) is 11.6. The number of imidazole rings is 1. The van der Waals surface area contributed by atoms with E-state index in [1.807, 2.05) is 37.0 Å². The molecule has 0 bridgehead atoms. The third-order valence-corrected chi connectivity index (χ3v) is 5.24. The van der Waals surface area contributed by atoms with Crippen molar-refractivity contribution in [3.05, 3.63) is 59.4 Å². The van der Waals surface area contributed by atoms with Crippen LogP contribution < -0.4 is 0 Å². The topological polar surface area (TPSA) is 41.6 Å². The van der Waals surface area contributed by atoms with Gasteiger partial charge in [-0.05, 0) is 29.8 Å². The van der Waals surface area contributed by atoms with E-state index in [9.17, 15) is 0 Å². The summed E-state index contributed by atoms with van der Waals surface area (Å²) in [6, 6.07) is 16.4. The third-order valence-electron chi connectivity index (χ3n) is 4.06. The van der Waals surface area contributed by atoms with E-state index in [0.29, 0.717) is 11.5 Å². The summed E-state index contributed by atoms with van der Waals surface area (Å²) < 4.78 is 2.13. The Bertz CT molecular complexity index is 889. The first-order valence-electron chi connectivity index (χ1n) is 6.86. The second kappa shape index (κ2) is 4.64. The highest BCUT2D eigenvalue weighted by molar-refractivity contribution is 7.99. The zero-order chi connectivity index (χ0) is 14.4. The predicted octanol–water partition coefficient (Wildman–Crippen LogP) is 3.68. The molecule has 1 aliphatic heterocycles. The Morgan fingerprint density at radius 3 is 3.00 bits per heavy atom. The van der Waals surface area contributed by atoms with E-state index in [1.54, 1.807) is 0 Å². The van der Waals surface area contributed by atoms with Crippen LogP contribution in [-0.4, -0.2) is 15.3 Å².